The molecule has 5 nitrogen and oxygen atoms in total. The molecule has 0 aromatic carbocycles. The molecule has 0 unspecified atom stereocenters. The molecular formula is C23H36N2O3. The van der Waals surface area contributed by atoms with E-state index in [2.05, 4.69) is 30.6 Å². The van der Waals surface area contributed by atoms with Gasteiger partial charge in [0.15, 0.2) is 0 Å². The van der Waals surface area contributed by atoms with Gasteiger partial charge < -0.3 is 9.52 Å². The van der Waals surface area contributed by atoms with Crippen LogP contribution in [0.3, 0.4) is 0 Å². The minimum Gasteiger partial charge on any atom is -0.507 e. The molecule has 1 aromatic rings. The van der Waals surface area contributed by atoms with E-state index in [0.717, 1.165) is 31.6 Å². The Kier molecular flexibility index (Phi) is 5.34. The van der Waals surface area contributed by atoms with Crippen molar-refractivity contribution in [3.63, 3.8) is 0 Å². The summed E-state index contributed by atoms with van der Waals surface area (Å²) in [6, 6.07) is 0.488. The van der Waals surface area contributed by atoms with Crippen LogP contribution in [0.5, 0.6) is 5.75 Å². The Morgan fingerprint density at radius 1 is 1.11 bits per heavy atom. The number of hydrogen-bond acceptors (Lipinski definition) is 5. The molecule has 2 bridgehead atoms. The molecule has 28 heavy (non-hydrogen) atoms. The standard InChI is InChI=1S/C23H36N2O3/c1-22(2)10-18-11-23(3,15-22)16-25(18)13-19-20(26)17(14-28-21(19)27)12-24-8-6-4-5-7-9-24/h14,18,26H,4-13,15-16H2,1-3H3/t18-,23-/m0/s1. The van der Waals surface area contributed by atoms with Gasteiger partial charge in [-0.3, -0.25) is 9.80 Å². The fourth-order valence-corrected chi connectivity index (χ4v) is 6.29. The number of rotatable bonds is 4. The number of hydrogen-bond donors (Lipinski definition) is 1. The molecule has 0 spiro atoms. The quantitative estimate of drug-likeness (QED) is 0.841. The van der Waals surface area contributed by atoms with Gasteiger partial charge in [-0.25, -0.2) is 4.79 Å². The topological polar surface area (TPSA) is 56.9 Å². The molecule has 2 saturated heterocycles. The van der Waals surface area contributed by atoms with Gasteiger partial charge in [0, 0.05) is 31.2 Å². The summed E-state index contributed by atoms with van der Waals surface area (Å²) in [7, 11) is 0. The number of aromatic hydroxyl groups is 1. The number of likely N-dealkylation sites (tertiary alicyclic amines) is 2. The fourth-order valence-electron chi connectivity index (χ4n) is 6.29. The number of nitrogens with zero attached hydrogens (tertiary/aromatic N) is 2. The second-order valence-corrected chi connectivity index (χ2v) is 10.7. The van der Waals surface area contributed by atoms with Gasteiger partial charge in [-0.1, -0.05) is 33.6 Å². The molecule has 2 aliphatic heterocycles. The predicted octanol–water partition coefficient (Wildman–Crippen LogP) is 4.12. The highest BCUT2D eigenvalue weighted by Gasteiger charge is 2.49. The smallest absolute Gasteiger partial charge is 0.343 e. The summed E-state index contributed by atoms with van der Waals surface area (Å²) >= 11 is 0. The largest absolute Gasteiger partial charge is 0.507 e. The molecule has 3 aliphatic rings. The van der Waals surface area contributed by atoms with Gasteiger partial charge in [0.1, 0.15) is 12.0 Å². The lowest BCUT2D eigenvalue weighted by Gasteiger charge is -2.39. The van der Waals surface area contributed by atoms with Crippen LogP contribution < -0.4 is 5.63 Å². The third-order valence-electron chi connectivity index (χ3n) is 7.12. The van der Waals surface area contributed by atoms with Crippen LogP contribution in [0, 0.1) is 10.8 Å². The first-order chi connectivity index (χ1) is 13.2. The summed E-state index contributed by atoms with van der Waals surface area (Å²) in [5, 5.41) is 10.9. The van der Waals surface area contributed by atoms with Crippen LogP contribution >= 0.6 is 0 Å². The van der Waals surface area contributed by atoms with Crippen molar-refractivity contribution in [1.82, 2.24) is 9.80 Å². The lowest BCUT2D eigenvalue weighted by atomic mass is 9.65. The molecule has 1 N–H and O–H groups in total. The highest BCUT2D eigenvalue weighted by atomic mass is 16.4. The molecule has 1 saturated carbocycles. The SMILES string of the molecule is CC1(C)C[C@H]2C[C@](C)(CN2Cc2c(O)c(CN3CCCCCC3)coc2=O)C1. The minimum atomic E-state index is -0.386. The van der Waals surface area contributed by atoms with E-state index >= 15 is 0 Å². The van der Waals surface area contributed by atoms with Crippen molar-refractivity contribution in [2.75, 3.05) is 19.6 Å². The first-order valence-electron chi connectivity index (χ1n) is 11.0. The molecule has 4 rings (SSSR count). The van der Waals surface area contributed by atoms with E-state index in [0.29, 0.717) is 35.5 Å². The molecule has 5 heteroatoms. The summed E-state index contributed by atoms with van der Waals surface area (Å²) in [5.41, 5.74) is 1.47. The zero-order chi connectivity index (χ0) is 19.9. The average Bonchev–Trinajstić information content (AvgIpc) is 2.77. The molecule has 2 atom stereocenters. The van der Waals surface area contributed by atoms with Crippen molar-refractivity contribution in [3.05, 3.63) is 27.8 Å². The average molecular weight is 389 g/mol. The number of fused-ring (bicyclic) bond motifs is 2. The van der Waals surface area contributed by atoms with Crippen LogP contribution in [-0.2, 0) is 13.1 Å². The summed E-state index contributed by atoms with van der Waals surface area (Å²) < 4.78 is 5.36. The van der Waals surface area contributed by atoms with Crippen molar-refractivity contribution >= 4 is 0 Å². The van der Waals surface area contributed by atoms with Gasteiger partial charge in [0.25, 0.3) is 0 Å². The lowest BCUT2D eigenvalue weighted by molar-refractivity contribution is 0.126. The van der Waals surface area contributed by atoms with Gasteiger partial charge in [-0.2, -0.15) is 0 Å². The molecular weight excluding hydrogens is 352 g/mol. The van der Waals surface area contributed by atoms with E-state index in [1.165, 1.54) is 44.8 Å². The van der Waals surface area contributed by atoms with E-state index in [-0.39, 0.29) is 11.4 Å². The first-order valence-corrected chi connectivity index (χ1v) is 11.0. The van der Waals surface area contributed by atoms with Crippen LogP contribution in [0.15, 0.2) is 15.5 Å². The van der Waals surface area contributed by atoms with Crippen LogP contribution in [-0.4, -0.2) is 40.6 Å². The monoisotopic (exact) mass is 388 g/mol. The summed E-state index contributed by atoms with van der Waals surface area (Å²) in [4.78, 5) is 17.2. The van der Waals surface area contributed by atoms with Gasteiger partial charge >= 0.3 is 5.63 Å². The van der Waals surface area contributed by atoms with Gasteiger partial charge in [-0.15, -0.1) is 0 Å². The third kappa shape index (κ3) is 4.16. The Bertz CT molecular complexity index is 764. The summed E-state index contributed by atoms with van der Waals surface area (Å²) in [6.07, 6.45) is 10.0. The van der Waals surface area contributed by atoms with Gasteiger partial charge in [0.05, 0.1) is 5.56 Å². The van der Waals surface area contributed by atoms with E-state index in [1.54, 1.807) is 0 Å². The lowest BCUT2D eigenvalue weighted by Crippen LogP contribution is -2.35. The fraction of sp³-hybridized carbons (Fsp3) is 0.783. The third-order valence-corrected chi connectivity index (χ3v) is 7.12. The predicted molar refractivity (Wildman–Crippen MR) is 110 cm³/mol. The van der Waals surface area contributed by atoms with E-state index in [1.807, 2.05) is 0 Å². The van der Waals surface area contributed by atoms with E-state index in [4.69, 9.17) is 4.42 Å². The van der Waals surface area contributed by atoms with Gasteiger partial charge in [-0.05, 0) is 56.0 Å². The van der Waals surface area contributed by atoms with Crippen LogP contribution in [0.2, 0.25) is 0 Å². The Morgan fingerprint density at radius 2 is 1.82 bits per heavy atom. The molecule has 0 radical (unpaired) electrons. The molecule has 1 aliphatic carbocycles. The Morgan fingerprint density at radius 3 is 2.54 bits per heavy atom. The maximum absolute atomic E-state index is 12.5. The molecule has 1 aromatic heterocycles. The Hall–Kier alpha value is -1.33. The highest BCUT2D eigenvalue weighted by molar-refractivity contribution is 5.36. The minimum absolute atomic E-state index is 0.159. The zero-order valence-electron chi connectivity index (χ0n) is 17.8. The van der Waals surface area contributed by atoms with E-state index < -0.39 is 0 Å². The first kappa shape index (κ1) is 20.0. The molecule has 3 heterocycles. The molecule has 3 fully saturated rings. The zero-order valence-corrected chi connectivity index (χ0v) is 17.8. The Labute approximate surface area is 168 Å². The van der Waals surface area contributed by atoms with Gasteiger partial charge in [0.2, 0.25) is 0 Å². The van der Waals surface area contributed by atoms with Crippen molar-refractivity contribution in [2.24, 2.45) is 10.8 Å². The van der Waals surface area contributed by atoms with Crippen molar-refractivity contribution in [3.8, 4) is 5.75 Å². The highest BCUT2D eigenvalue weighted by Crippen LogP contribution is 2.52. The maximum Gasteiger partial charge on any atom is 0.343 e. The van der Waals surface area contributed by atoms with Crippen LogP contribution in [0.4, 0.5) is 0 Å². The van der Waals surface area contributed by atoms with Crippen molar-refractivity contribution < 1.29 is 9.52 Å². The normalized spacial score (nSPS) is 31.0. The maximum atomic E-state index is 12.5. The summed E-state index contributed by atoms with van der Waals surface area (Å²) in [5.74, 6) is 0.159. The second kappa shape index (κ2) is 7.49. The van der Waals surface area contributed by atoms with Crippen LogP contribution in [0.25, 0.3) is 0 Å². The molecule has 0 amide bonds. The van der Waals surface area contributed by atoms with Crippen LogP contribution in [0.1, 0.15) is 76.8 Å². The van der Waals surface area contributed by atoms with E-state index in [9.17, 15) is 9.90 Å². The molecule has 156 valence electrons. The Balaban J connectivity index is 1.53. The summed E-state index contributed by atoms with van der Waals surface area (Å²) in [6.45, 7) is 11.3. The second-order valence-electron chi connectivity index (χ2n) is 10.7. The van der Waals surface area contributed by atoms with Crippen molar-refractivity contribution in [2.45, 2.75) is 84.8 Å². The van der Waals surface area contributed by atoms with Crippen molar-refractivity contribution in [1.29, 1.82) is 0 Å².